The fourth-order valence-electron chi connectivity index (χ4n) is 4.80. The minimum absolute atomic E-state index is 1.15. The van der Waals surface area contributed by atoms with E-state index in [9.17, 15) is 0 Å². The summed E-state index contributed by atoms with van der Waals surface area (Å²) in [6.45, 7) is 2.14. The molecule has 0 heterocycles. The van der Waals surface area contributed by atoms with Crippen LogP contribution >= 0.6 is 17.0 Å². The van der Waals surface area contributed by atoms with Gasteiger partial charge >= 0.3 is 111 Å². The summed E-state index contributed by atoms with van der Waals surface area (Å²) in [5.41, 5.74) is 3.66. The molecule has 0 unspecified atom stereocenters. The first kappa shape index (κ1) is 27.5. The first-order valence-electron chi connectivity index (χ1n) is 12.9. The Labute approximate surface area is 245 Å². The zero-order chi connectivity index (χ0) is 27.0. The summed E-state index contributed by atoms with van der Waals surface area (Å²) >= 11 is -2.44. The van der Waals surface area contributed by atoms with Crippen molar-refractivity contribution in [2.45, 2.75) is 6.92 Å². The second-order valence-corrected chi connectivity index (χ2v) is 17.4. The SMILES string of the molecule is Cc1c[cH-]c2ccccc12.[Cl][Zr]([Cl])=[C](c1ccccc1)c1ccccc1.c1ccc2c(c1)[cH-]c1ccccc12. The first-order chi connectivity index (χ1) is 19.1. The summed E-state index contributed by atoms with van der Waals surface area (Å²) < 4.78 is 1.15. The Morgan fingerprint density at radius 3 is 1.38 bits per heavy atom. The Morgan fingerprint density at radius 1 is 0.513 bits per heavy atom. The number of rotatable bonds is 2. The number of halogens is 2. The third-order valence-electron chi connectivity index (χ3n) is 6.74. The monoisotopic (exact) mass is 620 g/mol. The maximum absolute atomic E-state index is 6.24. The van der Waals surface area contributed by atoms with Crippen molar-refractivity contribution >= 4 is 52.5 Å². The standard InChI is InChI=1S/C13H9.C13H10.C10H9.2ClH.Zr/c1-3-7-12-10(5-1)9-11-6-2-4-8-13(11)12;1-3-7-12(8-4-1)11-13-9-5-2-6-10-13;1-8-6-7-9-4-2-3-5-10(8)9;;;/h1-9H;1-10H;2-7H,1H3;2*1H;/q-1;;-1;;;+2/p-2. The van der Waals surface area contributed by atoms with Crippen LogP contribution in [0.3, 0.4) is 0 Å². The molecule has 3 heteroatoms. The van der Waals surface area contributed by atoms with Crippen LogP contribution in [0.25, 0.3) is 32.3 Å². The van der Waals surface area contributed by atoms with Gasteiger partial charge in [-0.3, -0.25) is 0 Å². The van der Waals surface area contributed by atoms with Gasteiger partial charge < -0.3 is 0 Å². The fourth-order valence-corrected chi connectivity index (χ4v) is 9.28. The molecule has 0 amide bonds. The Morgan fingerprint density at radius 2 is 0.923 bits per heavy atom. The van der Waals surface area contributed by atoms with Crippen LogP contribution in [-0.2, 0) is 18.9 Å². The molecule has 0 nitrogen and oxygen atoms in total. The van der Waals surface area contributed by atoms with E-state index in [0.29, 0.717) is 0 Å². The largest absolute Gasteiger partial charge is 0.126 e. The minimum Gasteiger partial charge on any atom is -0.126 e. The van der Waals surface area contributed by atoms with Crippen molar-refractivity contribution in [2.24, 2.45) is 0 Å². The molecule has 0 saturated heterocycles. The molecule has 0 aliphatic heterocycles. The molecule has 0 N–H and O–H groups in total. The molecule has 0 fully saturated rings. The summed E-state index contributed by atoms with van der Waals surface area (Å²) in [5, 5.41) is 8.12. The Hall–Kier alpha value is -3.09. The van der Waals surface area contributed by atoms with Crippen LogP contribution in [-0.4, -0.2) is 3.21 Å². The van der Waals surface area contributed by atoms with Crippen LogP contribution in [0, 0.1) is 6.92 Å². The van der Waals surface area contributed by atoms with Gasteiger partial charge in [-0.1, -0.05) is 49.4 Å². The molecule has 7 aromatic rings. The van der Waals surface area contributed by atoms with Crippen LogP contribution in [0.1, 0.15) is 16.7 Å². The fraction of sp³-hybridized carbons (Fsp3) is 0.0278. The number of hydrogen-bond acceptors (Lipinski definition) is 0. The second kappa shape index (κ2) is 13.3. The third kappa shape index (κ3) is 6.74. The van der Waals surface area contributed by atoms with Crippen molar-refractivity contribution in [1.29, 1.82) is 0 Å². The quantitative estimate of drug-likeness (QED) is 0.168. The zero-order valence-electron chi connectivity index (χ0n) is 21.7. The summed E-state index contributed by atoms with van der Waals surface area (Å²) in [4.78, 5) is 0. The topological polar surface area (TPSA) is 0 Å². The van der Waals surface area contributed by atoms with Gasteiger partial charge in [0.1, 0.15) is 0 Å². The summed E-state index contributed by atoms with van der Waals surface area (Å²) in [5.74, 6) is 0. The molecule has 0 bridgehead atoms. The molecule has 7 rings (SSSR count). The predicted octanol–water partition coefficient (Wildman–Crippen LogP) is 10.8. The molecular weight excluding hydrogens is 595 g/mol. The molecule has 7 aromatic carbocycles. The molecule has 39 heavy (non-hydrogen) atoms. The van der Waals surface area contributed by atoms with Gasteiger partial charge in [0.2, 0.25) is 0 Å². The van der Waals surface area contributed by atoms with Crippen molar-refractivity contribution in [2.75, 3.05) is 0 Å². The molecule has 0 aromatic heterocycles. The van der Waals surface area contributed by atoms with Crippen molar-refractivity contribution < 1.29 is 18.9 Å². The van der Waals surface area contributed by atoms with Crippen molar-refractivity contribution in [1.82, 2.24) is 0 Å². The van der Waals surface area contributed by atoms with Gasteiger partial charge in [0.15, 0.2) is 0 Å². The van der Waals surface area contributed by atoms with E-state index in [1.165, 1.54) is 37.9 Å². The first-order valence-corrected chi connectivity index (χ1v) is 20.5. The number of benzene rings is 5. The smallest absolute Gasteiger partial charge is 0.0771 e. The third-order valence-corrected chi connectivity index (χ3v) is 11.3. The Kier molecular flexibility index (Phi) is 9.38. The van der Waals surface area contributed by atoms with Gasteiger partial charge in [0.25, 0.3) is 0 Å². The minimum atomic E-state index is -2.44. The molecule has 0 saturated carbocycles. The van der Waals surface area contributed by atoms with E-state index in [0.717, 1.165) is 14.3 Å². The van der Waals surface area contributed by atoms with Crippen LogP contribution in [0.15, 0.2) is 152 Å². The number of aryl methyl sites for hydroxylation is 1. The van der Waals surface area contributed by atoms with E-state index < -0.39 is 18.9 Å². The molecule has 0 atom stereocenters. The zero-order valence-corrected chi connectivity index (χ0v) is 25.7. The van der Waals surface area contributed by atoms with Crippen LogP contribution in [0.5, 0.6) is 0 Å². The molecule has 0 aliphatic carbocycles. The summed E-state index contributed by atoms with van der Waals surface area (Å²) in [6.07, 6.45) is 0. The Bertz CT molecular complexity index is 1730. The van der Waals surface area contributed by atoms with Gasteiger partial charge in [-0.15, -0.1) is 74.8 Å². The van der Waals surface area contributed by atoms with Crippen LogP contribution in [0.4, 0.5) is 0 Å². The van der Waals surface area contributed by atoms with E-state index in [1.54, 1.807) is 0 Å². The van der Waals surface area contributed by atoms with Crippen LogP contribution in [0.2, 0.25) is 0 Å². The molecule has 0 radical (unpaired) electrons. The maximum Gasteiger partial charge on any atom is -0.0771 e. The normalized spacial score (nSPS) is 10.4. The molecule has 0 spiro atoms. The van der Waals surface area contributed by atoms with E-state index in [2.05, 4.69) is 122 Å². The average Bonchev–Trinajstić information content (AvgIpc) is 3.55. The summed E-state index contributed by atoms with van der Waals surface area (Å²) in [7, 11) is 12.5. The number of fused-ring (bicyclic) bond motifs is 4. The number of hydrogen-bond donors (Lipinski definition) is 0. The van der Waals surface area contributed by atoms with Crippen molar-refractivity contribution in [3.8, 4) is 0 Å². The van der Waals surface area contributed by atoms with Gasteiger partial charge in [-0.2, -0.15) is 11.6 Å². The molecule has 0 aliphatic rings. The van der Waals surface area contributed by atoms with Crippen LogP contribution < -0.4 is 0 Å². The average molecular weight is 623 g/mol. The van der Waals surface area contributed by atoms with Gasteiger partial charge in [0, 0.05) is 0 Å². The van der Waals surface area contributed by atoms with E-state index in [-0.39, 0.29) is 0 Å². The molecular formula is C36H28Cl2Zr-2. The van der Waals surface area contributed by atoms with E-state index in [1.807, 2.05) is 36.4 Å². The maximum atomic E-state index is 6.24. The van der Waals surface area contributed by atoms with Gasteiger partial charge in [0.05, 0.1) is 0 Å². The van der Waals surface area contributed by atoms with E-state index >= 15 is 0 Å². The second-order valence-electron chi connectivity index (χ2n) is 9.29. The summed E-state index contributed by atoms with van der Waals surface area (Å²) in [6, 6.07) is 52.3. The Balaban J connectivity index is 0.000000122. The predicted molar refractivity (Wildman–Crippen MR) is 169 cm³/mol. The van der Waals surface area contributed by atoms with Gasteiger partial charge in [-0.25, -0.2) is 0 Å². The van der Waals surface area contributed by atoms with Crippen molar-refractivity contribution in [3.63, 3.8) is 0 Å². The van der Waals surface area contributed by atoms with Crippen molar-refractivity contribution in [3.05, 3.63) is 168 Å². The molecule has 192 valence electrons. The van der Waals surface area contributed by atoms with E-state index in [4.69, 9.17) is 17.0 Å². The van der Waals surface area contributed by atoms with Gasteiger partial charge in [-0.05, 0) is 0 Å².